The van der Waals surface area contributed by atoms with E-state index in [2.05, 4.69) is 29.5 Å². The van der Waals surface area contributed by atoms with E-state index in [-0.39, 0.29) is 11.4 Å². The van der Waals surface area contributed by atoms with Crippen molar-refractivity contribution in [3.05, 3.63) is 152 Å². The Bertz CT molecular complexity index is 1860. The van der Waals surface area contributed by atoms with Crippen LogP contribution < -0.4 is 0 Å². The molecule has 0 unspecified atom stereocenters. The van der Waals surface area contributed by atoms with Crippen LogP contribution in [0.3, 0.4) is 0 Å². The van der Waals surface area contributed by atoms with Crippen molar-refractivity contribution in [2.45, 2.75) is 53.9 Å². The minimum Gasteiger partial charge on any atom is -0.274 e. The molecule has 12 nitrogen and oxygen atoms in total. The summed E-state index contributed by atoms with van der Waals surface area (Å²) in [5, 5.41) is 41.7. The third-order valence-corrected chi connectivity index (χ3v) is 9.76. The van der Waals surface area contributed by atoms with Gasteiger partial charge in [-0.05, 0) is 48.2 Å². The Morgan fingerprint density at radius 3 is 1.27 bits per heavy atom. The molecule has 6 aromatic rings. The number of unbranched alkanes of at least 4 members (excludes halogenated alkanes) is 2. The van der Waals surface area contributed by atoms with E-state index in [1.807, 2.05) is 60.7 Å². The van der Waals surface area contributed by atoms with Gasteiger partial charge >= 0.3 is 0 Å². The molecule has 0 saturated carbocycles. The number of non-ortho nitro benzene ring substituents is 2. The Hall–Kier alpha value is -5.34. The number of aryl methyl sites for hydroxylation is 2. The van der Waals surface area contributed by atoms with Gasteiger partial charge in [-0.3, -0.25) is 29.4 Å². The lowest BCUT2D eigenvalue weighted by Crippen LogP contribution is -2.04. The van der Waals surface area contributed by atoms with Gasteiger partial charge in [-0.15, -0.1) is 20.4 Å². The Labute approximate surface area is 290 Å². The van der Waals surface area contributed by atoms with Gasteiger partial charge in [0.25, 0.3) is 11.4 Å². The number of nitro groups is 2. The van der Waals surface area contributed by atoms with Crippen molar-refractivity contribution in [2.24, 2.45) is 0 Å². The monoisotopic (exact) mass is 692 g/mol. The number of para-hydroxylation sites is 2. The number of nitrogens with zero attached hydrogens (tertiary/aromatic N) is 8. The number of hydrogen-bond acceptors (Lipinski definition) is 10. The topological polar surface area (TPSA) is 148 Å². The summed E-state index contributed by atoms with van der Waals surface area (Å²) in [6, 6.07) is 33.2. The highest BCUT2D eigenvalue weighted by Gasteiger charge is 2.17. The maximum absolute atomic E-state index is 11.0. The fraction of sp³-hybridized carbons (Fsp3) is 0.200. The molecule has 0 atom stereocenters. The first kappa shape index (κ1) is 33.6. The molecular weight excluding hydrogens is 661 g/mol. The lowest BCUT2D eigenvalue weighted by molar-refractivity contribution is -0.385. The van der Waals surface area contributed by atoms with Crippen LogP contribution in [0.15, 0.2) is 120 Å². The second-order valence-corrected chi connectivity index (χ2v) is 13.0. The van der Waals surface area contributed by atoms with Crippen molar-refractivity contribution in [2.75, 3.05) is 0 Å². The van der Waals surface area contributed by atoms with Crippen LogP contribution in [0.4, 0.5) is 11.4 Å². The van der Waals surface area contributed by atoms with E-state index in [0.29, 0.717) is 11.5 Å². The van der Waals surface area contributed by atoms with E-state index >= 15 is 0 Å². The number of aromatic nitrogens is 6. The van der Waals surface area contributed by atoms with E-state index in [9.17, 15) is 20.2 Å². The molecule has 4 aromatic carbocycles. The zero-order valence-electron chi connectivity index (χ0n) is 26.4. The Morgan fingerprint density at radius 1 is 0.510 bits per heavy atom. The van der Waals surface area contributed by atoms with Crippen LogP contribution in [0.1, 0.15) is 42.0 Å². The summed E-state index contributed by atoms with van der Waals surface area (Å²) in [5.74, 6) is 2.99. The summed E-state index contributed by atoms with van der Waals surface area (Å²) in [4.78, 5) is 21.2. The second kappa shape index (κ2) is 16.2. The predicted octanol–water partition coefficient (Wildman–Crippen LogP) is 8.20. The molecule has 0 N–H and O–H groups in total. The summed E-state index contributed by atoms with van der Waals surface area (Å²) in [7, 11) is 0. The van der Waals surface area contributed by atoms with Gasteiger partial charge in [0, 0.05) is 60.0 Å². The lowest BCUT2D eigenvalue weighted by atomic mass is 10.1. The molecule has 0 saturated heterocycles. The van der Waals surface area contributed by atoms with E-state index in [0.717, 1.165) is 76.6 Å². The molecule has 6 rings (SSSR count). The van der Waals surface area contributed by atoms with Crippen molar-refractivity contribution in [3.63, 3.8) is 0 Å². The molecule has 0 radical (unpaired) electrons. The van der Waals surface area contributed by atoms with Gasteiger partial charge < -0.3 is 0 Å². The van der Waals surface area contributed by atoms with E-state index < -0.39 is 9.85 Å². The van der Waals surface area contributed by atoms with E-state index in [1.165, 1.54) is 24.3 Å². The standard InChI is InChI=1S/C35H32N8O4S2/c44-42(45)30-20-16-26(17-21-30)24-48-34-38-36-32(40(34)28-10-4-1-5-11-28)14-8-3-9-15-33-37-39-35(41(33)29-12-6-2-7-13-29)49-25-27-18-22-31(23-19-27)43(46)47/h1-2,4-7,10-13,16-23H,3,8-9,14-15,24-25H2. The van der Waals surface area contributed by atoms with Crippen LogP contribution in [0, 0.1) is 20.2 Å². The number of thioether (sulfide) groups is 2. The van der Waals surface area contributed by atoms with Gasteiger partial charge in [-0.2, -0.15) is 0 Å². The first-order chi connectivity index (χ1) is 24.0. The van der Waals surface area contributed by atoms with Crippen LogP contribution in [0.25, 0.3) is 11.4 Å². The Balaban J connectivity index is 1.09. The van der Waals surface area contributed by atoms with E-state index in [1.54, 1.807) is 47.8 Å². The molecule has 49 heavy (non-hydrogen) atoms. The van der Waals surface area contributed by atoms with Crippen LogP contribution in [-0.2, 0) is 24.3 Å². The first-order valence-corrected chi connectivity index (χ1v) is 17.6. The molecule has 2 aromatic heterocycles. The number of rotatable bonds is 16. The summed E-state index contributed by atoms with van der Waals surface area (Å²) in [6.07, 6.45) is 4.29. The molecule has 0 spiro atoms. The fourth-order valence-corrected chi connectivity index (χ4v) is 7.10. The Kier molecular flexibility index (Phi) is 11.1. The van der Waals surface area contributed by atoms with Gasteiger partial charge in [0.2, 0.25) is 0 Å². The molecular formula is C35H32N8O4S2. The molecule has 0 aliphatic carbocycles. The van der Waals surface area contributed by atoms with Crippen LogP contribution >= 0.6 is 23.5 Å². The number of benzene rings is 4. The minimum atomic E-state index is -0.396. The summed E-state index contributed by atoms with van der Waals surface area (Å²) in [6.45, 7) is 0. The van der Waals surface area contributed by atoms with Gasteiger partial charge in [0.15, 0.2) is 10.3 Å². The maximum Gasteiger partial charge on any atom is 0.269 e. The van der Waals surface area contributed by atoms with Gasteiger partial charge in [0.1, 0.15) is 11.6 Å². The summed E-state index contributed by atoms with van der Waals surface area (Å²) in [5.41, 5.74) is 4.06. The summed E-state index contributed by atoms with van der Waals surface area (Å²) >= 11 is 3.10. The second-order valence-electron chi connectivity index (χ2n) is 11.1. The van der Waals surface area contributed by atoms with Gasteiger partial charge in [-0.25, -0.2) is 0 Å². The fourth-order valence-electron chi connectivity index (χ4n) is 5.25. The first-order valence-electron chi connectivity index (χ1n) is 15.7. The van der Waals surface area contributed by atoms with Crippen LogP contribution in [0.2, 0.25) is 0 Å². The highest BCUT2D eigenvalue weighted by molar-refractivity contribution is 7.98. The Morgan fingerprint density at radius 2 is 0.898 bits per heavy atom. The van der Waals surface area contributed by atoms with Crippen LogP contribution in [-0.4, -0.2) is 39.4 Å². The molecule has 14 heteroatoms. The quantitative estimate of drug-likeness (QED) is 0.0421. The third kappa shape index (κ3) is 8.58. The van der Waals surface area contributed by atoms with Gasteiger partial charge in [-0.1, -0.05) is 90.6 Å². The van der Waals surface area contributed by atoms with Crippen molar-refractivity contribution >= 4 is 34.9 Å². The van der Waals surface area contributed by atoms with Crippen molar-refractivity contribution in [1.82, 2.24) is 29.5 Å². The highest BCUT2D eigenvalue weighted by Crippen LogP contribution is 2.29. The molecule has 0 fully saturated rings. The molecule has 0 bridgehead atoms. The molecule has 0 amide bonds. The van der Waals surface area contributed by atoms with Gasteiger partial charge in [0.05, 0.1) is 9.85 Å². The largest absolute Gasteiger partial charge is 0.274 e. The predicted molar refractivity (Wildman–Crippen MR) is 189 cm³/mol. The van der Waals surface area contributed by atoms with Crippen molar-refractivity contribution in [1.29, 1.82) is 0 Å². The van der Waals surface area contributed by atoms with E-state index in [4.69, 9.17) is 0 Å². The zero-order chi connectivity index (χ0) is 34.0. The molecule has 0 aliphatic rings. The highest BCUT2D eigenvalue weighted by atomic mass is 32.2. The SMILES string of the molecule is O=[N+]([O-])c1ccc(CSc2nnc(CCCCCc3nnc(SCc4ccc([N+](=O)[O-])cc4)n3-c3ccccc3)n2-c2ccccc2)cc1. The number of hydrogen-bond donors (Lipinski definition) is 0. The molecule has 248 valence electrons. The third-order valence-electron chi connectivity index (χ3n) is 7.76. The van der Waals surface area contributed by atoms with Crippen molar-refractivity contribution < 1.29 is 9.85 Å². The molecule has 0 aliphatic heterocycles. The minimum absolute atomic E-state index is 0.0720. The van der Waals surface area contributed by atoms with Crippen LogP contribution in [0.5, 0.6) is 0 Å². The zero-order valence-corrected chi connectivity index (χ0v) is 28.0. The summed E-state index contributed by atoms with van der Waals surface area (Å²) < 4.78 is 4.19. The molecule has 2 heterocycles. The normalized spacial score (nSPS) is 11.1. The number of nitro benzene ring substituents is 2. The maximum atomic E-state index is 11.0. The van der Waals surface area contributed by atoms with Crippen molar-refractivity contribution in [3.8, 4) is 11.4 Å². The average molecular weight is 693 g/mol. The lowest BCUT2D eigenvalue weighted by Gasteiger charge is -2.11. The average Bonchev–Trinajstić information content (AvgIpc) is 3.74. The smallest absolute Gasteiger partial charge is 0.269 e.